The second-order valence-corrected chi connectivity index (χ2v) is 5.81. The standard InChI is InChI=1S/C19H20N2O2/c22-18(15-8-3-1-4-9-15)16-10-7-13-21(14-16)19(23)20-17-11-5-2-6-12-17/h1-6,8-9,11-12,16H,7,10,13-14H2,(H,20,23). The van der Waals surface area contributed by atoms with Gasteiger partial charge >= 0.3 is 6.03 Å². The van der Waals surface area contributed by atoms with E-state index in [1.54, 1.807) is 4.90 Å². The highest BCUT2D eigenvalue weighted by Crippen LogP contribution is 2.21. The number of likely N-dealkylation sites (tertiary alicyclic amines) is 1. The number of hydrogen-bond donors (Lipinski definition) is 1. The zero-order chi connectivity index (χ0) is 16.1. The first-order chi connectivity index (χ1) is 11.2. The molecule has 2 aromatic rings. The summed E-state index contributed by atoms with van der Waals surface area (Å²) in [5, 5.41) is 2.89. The van der Waals surface area contributed by atoms with Gasteiger partial charge in [-0.05, 0) is 25.0 Å². The first-order valence-corrected chi connectivity index (χ1v) is 7.94. The van der Waals surface area contributed by atoms with Gasteiger partial charge in [0.25, 0.3) is 0 Å². The minimum Gasteiger partial charge on any atom is -0.324 e. The number of anilines is 1. The van der Waals surface area contributed by atoms with E-state index in [0.29, 0.717) is 13.1 Å². The third-order valence-corrected chi connectivity index (χ3v) is 4.16. The van der Waals surface area contributed by atoms with E-state index >= 15 is 0 Å². The lowest BCUT2D eigenvalue weighted by Crippen LogP contribution is -2.44. The van der Waals surface area contributed by atoms with Gasteiger partial charge in [-0.15, -0.1) is 0 Å². The molecule has 4 heteroatoms. The normalized spacial score (nSPS) is 17.6. The van der Waals surface area contributed by atoms with Crippen LogP contribution in [0.5, 0.6) is 0 Å². The number of carbonyl (C=O) groups is 2. The highest BCUT2D eigenvalue weighted by Gasteiger charge is 2.28. The monoisotopic (exact) mass is 308 g/mol. The van der Waals surface area contributed by atoms with Crippen LogP contribution in [0, 0.1) is 5.92 Å². The Labute approximate surface area is 136 Å². The molecular formula is C19H20N2O2. The van der Waals surface area contributed by atoms with E-state index in [4.69, 9.17) is 0 Å². The molecule has 0 radical (unpaired) electrons. The van der Waals surface area contributed by atoms with Crippen LogP contribution in [0.2, 0.25) is 0 Å². The molecule has 1 unspecified atom stereocenters. The van der Waals surface area contributed by atoms with Crippen LogP contribution >= 0.6 is 0 Å². The van der Waals surface area contributed by atoms with Crippen molar-refractivity contribution in [3.63, 3.8) is 0 Å². The highest BCUT2D eigenvalue weighted by molar-refractivity contribution is 5.98. The number of para-hydroxylation sites is 1. The lowest BCUT2D eigenvalue weighted by atomic mass is 9.90. The fourth-order valence-electron chi connectivity index (χ4n) is 2.94. The Morgan fingerprint density at radius 1 is 0.957 bits per heavy atom. The molecule has 4 nitrogen and oxygen atoms in total. The van der Waals surface area contributed by atoms with Crippen molar-refractivity contribution in [2.45, 2.75) is 12.8 Å². The van der Waals surface area contributed by atoms with Crippen LogP contribution in [0.1, 0.15) is 23.2 Å². The Morgan fingerprint density at radius 3 is 2.30 bits per heavy atom. The van der Waals surface area contributed by atoms with Crippen LogP contribution in [0.3, 0.4) is 0 Å². The van der Waals surface area contributed by atoms with E-state index in [1.807, 2.05) is 60.7 Å². The number of ketones is 1. The number of nitrogens with zero attached hydrogens (tertiary/aromatic N) is 1. The minimum atomic E-state index is -0.137. The largest absolute Gasteiger partial charge is 0.324 e. The summed E-state index contributed by atoms with van der Waals surface area (Å²) in [6.07, 6.45) is 1.69. The maximum Gasteiger partial charge on any atom is 0.321 e. The predicted octanol–water partition coefficient (Wildman–Crippen LogP) is 3.81. The maximum atomic E-state index is 12.6. The third-order valence-electron chi connectivity index (χ3n) is 4.16. The van der Waals surface area contributed by atoms with Gasteiger partial charge in [-0.2, -0.15) is 0 Å². The molecule has 23 heavy (non-hydrogen) atoms. The molecule has 118 valence electrons. The van der Waals surface area contributed by atoms with Crippen LogP contribution in [0.4, 0.5) is 10.5 Å². The van der Waals surface area contributed by atoms with Crippen molar-refractivity contribution < 1.29 is 9.59 Å². The molecule has 0 aromatic heterocycles. The maximum absolute atomic E-state index is 12.6. The average molecular weight is 308 g/mol. The lowest BCUT2D eigenvalue weighted by molar-refractivity contribution is 0.0851. The summed E-state index contributed by atoms with van der Waals surface area (Å²) in [6.45, 7) is 1.17. The molecule has 1 heterocycles. The van der Waals surface area contributed by atoms with Crippen LogP contribution in [-0.4, -0.2) is 29.8 Å². The van der Waals surface area contributed by atoms with E-state index in [0.717, 1.165) is 24.1 Å². The molecule has 1 saturated heterocycles. The van der Waals surface area contributed by atoms with Gasteiger partial charge in [-0.25, -0.2) is 4.79 Å². The zero-order valence-electron chi connectivity index (χ0n) is 12.9. The van der Waals surface area contributed by atoms with Gasteiger partial charge in [-0.1, -0.05) is 48.5 Å². The van der Waals surface area contributed by atoms with Crippen LogP contribution < -0.4 is 5.32 Å². The molecule has 2 aromatic carbocycles. The van der Waals surface area contributed by atoms with Gasteiger partial charge in [-0.3, -0.25) is 4.79 Å². The van der Waals surface area contributed by atoms with Crippen molar-refractivity contribution in [3.05, 3.63) is 66.2 Å². The molecule has 3 rings (SSSR count). The quantitative estimate of drug-likeness (QED) is 0.876. The molecule has 1 atom stereocenters. The number of Topliss-reactive ketones (excluding diaryl/α,β-unsaturated/α-hetero) is 1. The lowest BCUT2D eigenvalue weighted by Gasteiger charge is -2.32. The number of carbonyl (C=O) groups excluding carboxylic acids is 2. The molecule has 0 bridgehead atoms. The van der Waals surface area contributed by atoms with Crippen molar-refractivity contribution in [3.8, 4) is 0 Å². The second kappa shape index (κ2) is 7.09. The highest BCUT2D eigenvalue weighted by atomic mass is 16.2. The van der Waals surface area contributed by atoms with Crippen LogP contribution in [-0.2, 0) is 0 Å². The Hall–Kier alpha value is -2.62. The molecule has 1 N–H and O–H groups in total. The Balaban J connectivity index is 1.64. The topological polar surface area (TPSA) is 49.4 Å². The van der Waals surface area contributed by atoms with Gasteiger partial charge in [0, 0.05) is 30.3 Å². The van der Waals surface area contributed by atoms with E-state index in [9.17, 15) is 9.59 Å². The van der Waals surface area contributed by atoms with E-state index in [2.05, 4.69) is 5.32 Å². The van der Waals surface area contributed by atoms with Crippen molar-refractivity contribution >= 4 is 17.5 Å². The van der Waals surface area contributed by atoms with Crippen LogP contribution in [0.25, 0.3) is 0 Å². The molecule has 1 fully saturated rings. The summed E-state index contributed by atoms with van der Waals surface area (Å²) in [7, 11) is 0. The summed E-state index contributed by atoms with van der Waals surface area (Å²) in [6, 6.07) is 18.6. The zero-order valence-corrected chi connectivity index (χ0v) is 12.9. The number of piperidine rings is 1. The number of rotatable bonds is 3. The predicted molar refractivity (Wildman–Crippen MR) is 90.5 cm³/mol. The second-order valence-electron chi connectivity index (χ2n) is 5.81. The minimum absolute atomic E-state index is 0.118. The molecule has 0 aliphatic carbocycles. The molecule has 2 amide bonds. The summed E-state index contributed by atoms with van der Waals surface area (Å²) in [4.78, 5) is 26.7. The third kappa shape index (κ3) is 3.77. The molecular weight excluding hydrogens is 288 g/mol. The first kappa shape index (κ1) is 15.3. The summed E-state index contributed by atoms with van der Waals surface area (Å²) < 4.78 is 0. The van der Waals surface area contributed by atoms with Gasteiger partial charge in [0.15, 0.2) is 5.78 Å². The number of amides is 2. The Morgan fingerprint density at radius 2 is 1.61 bits per heavy atom. The van der Waals surface area contributed by atoms with Crippen molar-refractivity contribution in [1.29, 1.82) is 0 Å². The van der Waals surface area contributed by atoms with Crippen molar-refractivity contribution in [2.24, 2.45) is 5.92 Å². The van der Waals surface area contributed by atoms with Gasteiger partial charge in [0.1, 0.15) is 0 Å². The Kier molecular flexibility index (Phi) is 4.71. The fourth-order valence-corrected chi connectivity index (χ4v) is 2.94. The molecule has 0 spiro atoms. The summed E-state index contributed by atoms with van der Waals surface area (Å²) in [5.74, 6) is 0.00971. The van der Waals surface area contributed by atoms with Crippen molar-refractivity contribution in [2.75, 3.05) is 18.4 Å². The van der Waals surface area contributed by atoms with Gasteiger partial charge in [0.05, 0.1) is 0 Å². The average Bonchev–Trinajstić information content (AvgIpc) is 2.63. The van der Waals surface area contributed by atoms with E-state index in [-0.39, 0.29) is 17.7 Å². The number of hydrogen-bond acceptors (Lipinski definition) is 2. The fraction of sp³-hybridized carbons (Fsp3) is 0.263. The number of benzene rings is 2. The summed E-state index contributed by atoms with van der Waals surface area (Å²) >= 11 is 0. The first-order valence-electron chi connectivity index (χ1n) is 7.94. The van der Waals surface area contributed by atoms with E-state index in [1.165, 1.54) is 0 Å². The summed E-state index contributed by atoms with van der Waals surface area (Å²) in [5.41, 5.74) is 1.50. The van der Waals surface area contributed by atoms with Gasteiger partial charge in [0.2, 0.25) is 0 Å². The number of urea groups is 1. The van der Waals surface area contributed by atoms with E-state index < -0.39 is 0 Å². The molecule has 1 aliphatic rings. The smallest absolute Gasteiger partial charge is 0.321 e. The van der Waals surface area contributed by atoms with Crippen molar-refractivity contribution in [1.82, 2.24) is 4.90 Å². The number of nitrogens with one attached hydrogen (secondary N) is 1. The molecule has 0 saturated carbocycles. The van der Waals surface area contributed by atoms with Gasteiger partial charge < -0.3 is 10.2 Å². The molecule has 1 aliphatic heterocycles. The SMILES string of the molecule is O=C(c1ccccc1)C1CCCN(C(=O)Nc2ccccc2)C1. The van der Waals surface area contributed by atoms with Crippen LogP contribution in [0.15, 0.2) is 60.7 Å². The Bertz CT molecular complexity index is 670.